The molecular weight excluding hydrogens is 258 g/mol. The highest BCUT2D eigenvalue weighted by atomic mass is 16.6. The first-order valence-electron chi connectivity index (χ1n) is 6.80. The minimum Gasteiger partial charge on any atom is -0.351 e. The van der Waals surface area contributed by atoms with E-state index < -0.39 is 4.92 Å². The van der Waals surface area contributed by atoms with E-state index in [1.54, 1.807) is 12.1 Å². The first kappa shape index (κ1) is 14.5. The molecule has 1 unspecified atom stereocenters. The molecule has 20 heavy (non-hydrogen) atoms. The standard InChI is InChI=1S/C14H19N3O3/c1-2-14(6-7-15-10-14)13(18)16-9-11-4-3-5-12(8-11)17(19)20/h3-5,8,15H,2,6-7,9-10H2,1H3,(H,16,18). The van der Waals surface area contributed by atoms with Crippen molar-refractivity contribution in [2.75, 3.05) is 13.1 Å². The van der Waals surface area contributed by atoms with E-state index in [-0.39, 0.29) is 17.0 Å². The predicted molar refractivity (Wildman–Crippen MR) is 75.2 cm³/mol. The van der Waals surface area contributed by atoms with E-state index in [1.165, 1.54) is 12.1 Å². The van der Waals surface area contributed by atoms with Gasteiger partial charge >= 0.3 is 0 Å². The quantitative estimate of drug-likeness (QED) is 0.632. The van der Waals surface area contributed by atoms with Crippen LogP contribution in [0.2, 0.25) is 0 Å². The largest absolute Gasteiger partial charge is 0.351 e. The van der Waals surface area contributed by atoms with Gasteiger partial charge in [-0.25, -0.2) is 0 Å². The predicted octanol–water partition coefficient (Wildman–Crippen LogP) is 1.60. The number of amides is 1. The number of nitro benzene ring substituents is 1. The smallest absolute Gasteiger partial charge is 0.269 e. The molecule has 0 spiro atoms. The molecule has 2 rings (SSSR count). The van der Waals surface area contributed by atoms with E-state index in [9.17, 15) is 14.9 Å². The van der Waals surface area contributed by atoms with E-state index >= 15 is 0 Å². The van der Waals surface area contributed by atoms with Gasteiger partial charge in [0.05, 0.1) is 10.3 Å². The minimum absolute atomic E-state index is 0.0245. The maximum atomic E-state index is 12.3. The fourth-order valence-electron chi connectivity index (χ4n) is 2.55. The van der Waals surface area contributed by atoms with E-state index in [4.69, 9.17) is 0 Å². The van der Waals surface area contributed by atoms with Crippen LogP contribution < -0.4 is 10.6 Å². The fraction of sp³-hybridized carbons (Fsp3) is 0.500. The molecule has 6 heteroatoms. The van der Waals surface area contributed by atoms with E-state index in [1.807, 2.05) is 6.92 Å². The van der Waals surface area contributed by atoms with E-state index in [2.05, 4.69) is 10.6 Å². The van der Waals surface area contributed by atoms with Crippen molar-refractivity contribution in [1.82, 2.24) is 10.6 Å². The van der Waals surface area contributed by atoms with Gasteiger partial charge in [0, 0.05) is 25.2 Å². The van der Waals surface area contributed by atoms with Gasteiger partial charge in [-0.15, -0.1) is 0 Å². The van der Waals surface area contributed by atoms with Crippen molar-refractivity contribution in [2.45, 2.75) is 26.3 Å². The van der Waals surface area contributed by atoms with Gasteiger partial charge in [-0.2, -0.15) is 0 Å². The maximum Gasteiger partial charge on any atom is 0.269 e. The molecule has 1 aliphatic heterocycles. The van der Waals surface area contributed by atoms with E-state index in [0.29, 0.717) is 13.1 Å². The number of nitrogens with zero attached hydrogens (tertiary/aromatic N) is 1. The molecule has 1 heterocycles. The van der Waals surface area contributed by atoms with Crippen LogP contribution in [0.15, 0.2) is 24.3 Å². The number of carbonyl (C=O) groups excluding carboxylic acids is 1. The zero-order valence-electron chi connectivity index (χ0n) is 11.5. The molecule has 0 aromatic heterocycles. The molecule has 108 valence electrons. The molecule has 1 amide bonds. The molecule has 1 aromatic rings. The fourth-order valence-corrected chi connectivity index (χ4v) is 2.55. The molecular formula is C14H19N3O3. The Morgan fingerprint density at radius 1 is 1.55 bits per heavy atom. The molecule has 6 nitrogen and oxygen atoms in total. The minimum atomic E-state index is -0.431. The van der Waals surface area contributed by atoms with Crippen molar-refractivity contribution in [2.24, 2.45) is 5.41 Å². The second kappa shape index (κ2) is 6.00. The second-order valence-electron chi connectivity index (χ2n) is 5.17. The van der Waals surface area contributed by atoms with Crippen LogP contribution >= 0.6 is 0 Å². The number of nitrogens with one attached hydrogen (secondary N) is 2. The van der Waals surface area contributed by atoms with Gasteiger partial charge in [0.15, 0.2) is 0 Å². The van der Waals surface area contributed by atoms with Crippen molar-refractivity contribution in [3.8, 4) is 0 Å². The number of rotatable bonds is 5. The Balaban J connectivity index is 1.99. The third-order valence-electron chi connectivity index (χ3n) is 3.98. The number of hydrogen-bond acceptors (Lipinski definition) is 4. The van der Waals surface area contributed by atoms with Crippen LogP contribution in [0.3, 0.4) is 0 Å². The monoisotopic (exact) mass is 277 g/mol. The lowest BCUT2D eigenvalue weighted by molar-refractivity contribution is -0.384. The number of non-ortho nitro benzene ring substituents is 1. The van der Waals surface area contributed by atoms with Crippen molar-refractivity contribution >= 4 is 11.6 Å². The van der Waals surface area contributed by atoms with Crippen molar-refractivity contribution in [3.63, 3.8) is 0 Å². The molecule has 0 saturated carbocycles. The molecule has 0 radical (unpaired) electrons. The van der Waals surface area contributed by atoms with Crippen molar-refractivity contribution < 1.29 is 9.72 Å². The van der Waals surface area contributed by atoms with E-state index in [0.717, 1.165) is 24.9 Å². The first-order valence-corrected chi connectivity index (χ1v) is 6.80. The summed E-state index contributed by atoms with van der Waals surface area (Å²) in [6, 6.07) is 6.34. The van der Waals surface area contributed by atoms with Gasteiger partial charge in [-0.3, -0.25) is 14.9 Å². The lowest BCUT2D eigenvalue weighted by Gasteiger charge is -2.25. The van der Waals surface area contributed by atoms with Gasteiger partial charge in [0.25, 0.3) is 5.69 Å². The van der Waals surface area contributed by atoms with Crippen LogP contribution in [0, 0.1) is 15.5 Å². The SMILES string of the molecule is CCC1(C(=O)NCc2cccc([N+](=O)[O-])c2)CCNC1. The summed E-state index contributed by atoms with van der Waals surface area (Å²) >= 11 is 0. The Morgan fingerprint density at radius 3 is 2.95 bits per heavy atom. The van der Waals surface area contributed by atoms with Crippen LogP contribution in [0.1, 0.15) is 25.3 Å². The highest BCUT2D eigenvalue weighted by molar-refractivity contribution is 5.83. The molecule has 1 aromatic carbocycles. The summed E-state index contributed by atoms with van der Waals surface area (Å²) in [5.41, 5.74) is 0.454. The van der Waals surface area contributed by atoms with Gasteiger partial charge in [0.2, 0.25) is 5.91 Å². The van der Waals surface area contributed by atoms with Crippen LogP contribution in [0.4, 0.5) is 5.69 Å². The van der Waals surface area contributed by atoms with Crippen LogP contribution in [0.25, 0.3) is 0 Å². The topological polar surface area (TPSA) is 84.3 Å². The number of hydrogen-bond donors (Lipinski definition) is 2. The number of carbonyl (C=O) groups is 1. The summed E-state index contributed by atoms with van der Waals surface area (Å²) in [7, 11) is 0. The Labute approximate surface area is 117 Å². The Bertz CT molecular complexity index is 510. The van der Waals surface area contributed by atoms with Crippen molar-refractivity contribution in [3.05, 3.63) is 39.9 Å². The normalized spacial score (nSPS) is 21.6. The number of nitro groups is 1. The van der Waals surface area contributed by atoms with Crippen LogP contribution in [-0.2, 0) is 11.3 Å². The summed E-state index contributed by atoms with van der Waals surface area (Å²) in [5.74, 6) is 0.0245. The molecule has 1 aliphatic rings. The summed E-state index contributed by atoms with van der Waals surface area (Å²) in [6.45, 7) is 3.89. The highest BCUT2D eigenvalue weighted by Crippen LogP contribution is 2.29. The summed E-state index contributed by atoms with van der Waals surface area (Å²) in [6.07, 6.45) is 1.63. The Morgan fingerprint density at radius 2 is 2.35 bits per heavy atom. The first-order chi connectivity index (χ1) is 9.57. The summed E-state index contributed by atoms with van der Waals surface area (Å²) < 4.78 is 0. The van der Waals surface area contributed by atoms with Crippen molar-refractivity contribution in [1.29, 1.82) is 0 Å². The Hall–Kier alpha value is -1.95. The van der Waals surface area contributed by atoms with Gasteiger partial charge in [0.1, 0.15) is 0 Å². The lowest BCUT2D eigenvalue weighted by Crippen LogP contribution is -2.41. The molecule has 1 fully saturated rings. The summed E-state index contributed by atoms with van der Waals surface area (Å²) in [5, 5.41) is 16.8. The molecule has 2 N–H and O–H groups in total. The van der Waals surface area contributed by atoms with Crippen LogP contribution in [0.5, 0.6) is 0 Å². The second-order valence-corrected chi connectivity index (χ2v) is 5.17. The third kappa shape index (κ3) is 2.96. The molecule has 1 saturated heterocycles. The van der Waals surface area contributed by atoms with Gasteiger partial charge in [-0.05, 0) is 24.9 Å². The van der Waals surface area contributed by atoms with Gasteiger partial charge < -0.3 is 10.6 Å². The average molecular weight is 277 g/mol. The number of benzene rings is 1. The zero-order chi connectivity index (χ0) is 14.6. The highest BCUT2D eigenvalue weighted by Gasteiger charge is 2.39. The molecule has 0 aliphatic carbocycles. The summed E-state index contributed by atoms with van der Waals surface area (Å²) in [4.78, 5) is 22.6. The average Bonchev–Trinajstić information content (AvgIpc) is 2.95. The zero-order valence-corrected chi connectivity index (χ0v) is 11.5. The van der Waals surface area contributed by atoms with Gasteiger partial charge in [-0.1, -0.05) is 19.1 Å². The third-order valence-corrected chi connectivity index (χ3v) is 3.98. The van der Waals surface area contributed by atoms with Crippen LogP contribution in [-0.4, -0.2) is 23.9 Å². The molecule has 0 bridgehead atoms. The maximum absolute atomic E-state index is 12.3. The Kier molecular flexibility index (Phi) is 4.34. The molecule has 1 atom stereocenters. The lowest BCUT2D eigenvalue weighted by atomic mass is 9.83.